The van der Waals surface area contributed by atoms with E-state index in [1.165, 1.54) is 0 Å². The van der Waals surface area contributed by atoms with Gasteiger partial charge in [0.05, 0.1) is 0 Å². The van der Waals surface area contributed by atoms with Crippen molar-refractivity contribution in [3.63, 3.8) is 0 Å². The molecule has 0 aliphatic carbocycles. The van der Waals surface area contributed by atoms with Crippen LogP contribution in [0.4, 0.5) is 0 Å². The predicted molar refractivity (Wildman–Crippen MR) is 30.3 cm³/mol. The van der Waals surface area contributed by atoms with Gasteiger partial charge < -0.3 is 11.1 Å². The van der Waals surface area contributed by atoms with Crippen molar-refractivity contribution < 1.29 is 41.3 Å². The summed E-state index contributed by atoms with van der Waals surface area (Å²) in [7, 11) is 0. The molecule has 0 bridgehead atoms. The maximum Gasteiger partial charge on any atom is 0.000601 e. The van der Waals surface area contributed by atoms with Gasteiger partial charge in [-0.15, -0.1) is 13.1 Å². The van der Waals surface area contributed by atoms with Gasteiger partial charge in [-0.1, -0.05) is 12.8 Å². The molecule has 1 saturated heterocycles. The Bertz CT molecular complexity index is 52.4. The van der Waals surface area contributed by atoms with Gasteiger partial charge >= 0.3 is 0 Å². The third-order valence-corrected chi connectivity index (χ3v) is 1.32. The van der Waals surface area contributed by atoms with Gasteiger partial charge in [-0.05, 0) is 0 Å². The van der Waals surface area contributed by atoms with E-state index < -0.39 is 0 Å². The van der Waals surface area contributed by atoms with Gasteiger partial charge in [0.15, 0.2) is 0 Å². The Kier molecular flexibility index (Phi) is 5.92. The molecule has 1 aliphatic heterocycles. The molecule has 1 rings (SSSR count). The van der Waals surface area contributed by atoms with E-state index in [-0.39, 0.29) is 41.3 Å². The van der Waals surface area contributed by atoms with Crippen molar-refractivity contribution in [1.29, 1.82) is 0 Å². The normalized spacial score (nSPS) is 22.1. The van der Waals surface area contributed by atoms with Crippen LogP contribution < -0.4 is 5.73 Å². The van der Waals surface area contributed by atoms with Crippen molar-refractivity contribution >= 4 is 0 Å². The van der Waals surface area contributed by atoms with Crippen LogP contribution in [0.1, 0.15) is 12.8 Å². The number of piperidine rings is 1. The van der Waals surface area contributed by atoms with Gasteiger partial charge in [0.2, 0.25) is 0 Å². The molecule has 1 heterocycles. The van der Waals surface area contributed by atoms with E-state index in [1.54, 1.807) is 0 Å². The smallest absolute Gasteiger partial charge is 0.000601 e. The summed E-state index contributed by atoms with van der Waals surface area (Å²) in [5.74, 6) is 0. The molecule has 0 aromatic carbocycles. The van der Waals surface area contributed by atoms with Crippen molar-refractivity contribution in [2.75, 3.05) is 13.1 Å². The first-order valence-corrected chi connectivity index (χ1v) is 2.78. The molecule has 0 aromatic heterocycles. The summed E-state index contributed by atoms with van der Waals surface area (Å²) in [4.78, 5) is 0. The summed E-state index contributed by atoms with van der Waals surface area (Å²) in [6, 6.07) is 0.442. The number of hydrogen-bond donors (Lipinski definition) is 1. The van der Waals surface area contributed by atoms with E-state index in [2.05, 4.69) is 5.32 Å². The molecule has 0 saturated carbocycles. The third-order valence-electron chi connectivity index (χ3n) is 1.32. The second-order valence-corrected chi connectivity index (χ2v) is 2.01. The molecule has 0 spiro atoms. The largest absolute Gasteiger partial charge is 0.662 e. The zero-order valence-corrected chi connectivity index (χ0v) is 8.71. The molecular weight excluding hydrogens is 229 g/mol. The van der Waals surface area contributed by atoms with Crippen LogP contribution in [0.15, 0.2) is 0 Å². The van der Waals surface area contributed by atoms with Crippen LogP contribution in [0.25, 0.3) is 5.32 Å². The molecule has 2 N–H and O–H groups in total. The first-order chi connectivity index (χ1) is 3.39. The summed E-state index contributed by atoms with van der Waals surface area (Å²) >= 11 is 0. The van der Waals surface area contributed by atoms with Crippen molar-refractivity contribution in [1.82, 2.24) is 0 Å². The second-order valence-electron chi connectivity index (χ2n) is 2.01. The van der Waals surface area contributed by atoms with Gasteiger partial charge in [0, 0.05) is 47.3 Å². The fourth-order valence-corrected chi connectivity index (χ4v) is 0.770. The summed E-state index contributed by atoms with van der Waals surface area (Å²) in [6.45, 7) is 1.97. The zero-order valence-electron chi connectivity index (χ0n) is 5.01. The number of rotatable bonds is 0. The van der Waals surface area contributed by atoms with E-state index >= 15 is 0 Å². The molecule has 45 valence electrons. The molecule has 2 nitrogen and oxygen atoms in total. The van der Waals surface area contributed by atoms with Crippen LogP contribution in [0.2, 0.25) is 0 Å². The van der Waals surface area contributed by atoms with Gasteiger partial charge in [-0.25, -0.2) is 0 Å². The second kappa shape index (κ2) is 5.10. The van der Waals surface area contributed by atoms with Crippen LogP contribution in [0.3, 0.4) is 0 Å². The fourth-order valence-electron chi connectivity index (χ4n) is 0.770. The Morgan fingerprint density at radius 1 is 1.25 bits per heavy atom. The molecule has 0 atom stereocenters. The van der Waals surface area contributed by atoms with Crippen LogP contribution in [0.5, 0.6) is 0 Å². The fraction of sp³-hybridized carbons (Fsp3) is 1.00. The maximum absolute atomic E-state index is 5.57. The molecule has 0 unspecified atom stereocenters. The van der Waals surface area contributed by atoms with Crippen LogP contribution in [0, 0.1) is 41.3 Å². The van der Waals surface area contributed by atoms with E-state index in [4.69, 9.17) is 5.73 Å². The van der Waals surface area contributed by atoms with Crippen molar-refractivity contribution in [2.45, 2.75) is 18.9 Å². The summed E-state index contributed by atoms with van der Waals surface area (Å²) in [6.07, 6.45) is 2.19. The molecule has 1 aliphatic rings. The average Bonchev–Trinajstić information content (AvgIpc) is 1.69. The maximum atomic E-state index is 5.57. The van der Waals surface area contributed by atoms with Gasteiger partial charge in [0.25, 0.3) is 0 Å². The molecule has 0 amide bonds. The third kappa shape index (κ3) is 3.34. The molecule has 0 aromatic rings. The standard InChI is InChI=1S/C5H11N2.Pr/c6-5-1-3-7-4-2-5;/h5H,1-4,6H2;/q-1;. The predicted octanol–water partition coefficient (Wildman–Crippen LogP) is 0.481. The number of nitrogens with zero attached hydrogens (tertiary/aromatic N) is 1. The Hall–Kier alpha value is 1.28. The summed E-state index contributed by atoms with van der Waals surface area (Å²) in [5.41, 5.74) is 5.57. The minimum atomic E-state index is 0. The molecule has 1 fully saturated rings. The average molecular weight is 240 g/mol. The van der Waals surface area contributed by atoms with Crippen molar-refractivity contribution in [3.05, 3.63) is 5.32 Å². The van der Waals surface area contributed by atoms with Gasteiger partial charge in [-0.2, -0.15) is 0 Å². The monoisotopic (exact) mass is 240 g/mol. The molecule has 3 heteroatoms. The molecular formula is C5H11N2Pr-. The van der Waals surface area contributed by atoms with Crippen molar-refractivity contribution in [3.8, 4) is 0 Å². The van der Waals surface area contributed by atoms with E-state index in [0.29, 0.717) is 6.04 Å². The van der Waals surface area contributed by atoms with Crippen LogP contribution >= 0.6 is 0 Å². The first-order valence-electron chi connectivity index (χ1n) is 2.78. The summed E-state index contributed by atoms with van der Waals surface area (Å²) in [5, 5.41) is 4.15. The Labute approximate surface area is 83.5 Å². The Morgan fingerprint density at radius 3 is 2.00 bits per heavy atom. The number of nitrogens with two attached hydrogens (primary N) is 1. The minimum absolute atomic E-state index is 0. The molecule has 8 heavy (non-hydrogen) atoms. The quantitative estimate of drug-likeness (QED) is 0.657. The Morgan fingerprint density at radius 2 is 1.75 bits per heavy atom. The van der Waals surface area contributed by atoms with Gasteiger partial charge in [0.1, 0.15) is 0 Å². The minimum Gasteiger partial charge on any atom is -0.662 e. The Balaban J connectivity index is 0.000000490. The van der Waals surface area contributed by atoms with Crippen LogP contribution in [-0.2, 0) is 0 Å². The van der Waals surface area contributed by atoms with Gasteiger partial charge in [-0.3, -0.25) is 0 Å². The van der Waals surface area contributed by atoms with Crippen molar-refractivity contribution in [2.24, 2.45) is 5.73 Å². The van der Waals surface area contributed by atoms with E-state index in [9.17, 15) is 0 Å². The summed E-state index contributed by atoms with van der Waals surface area (Å²) < 4.78 is 0. The van der Waals surface area contributed by atoms with Crippen LogP contribution in [-0.4, -0.2) is 19.1 Å². The van der Waals surface area contributed by atoms with E-state index in [0.717, 1.165) is 25.9 Å². The molecule has 1 radical (unpaired) electrons. The number of hydrogen-bond acceptors (Lipinski definition) is 1. The topological polar surface area (TPSA) is 40.1 Å². The van der Waals surface area contributed by atoms with E-state index in [1.807, 2.05) is 0 Å². The first kappa shape index (κ1) is 9.28. The zero-order chi connectivity index (χ0) is 5.11. The SMILES string of the molecule is NC1CC[N-]CC1.[Pr].